The number of anilines is 1. The lowest BCUT2D eigenvalue weighted by Crippen LogP contribution is -2.11. The van der Waals surface area contributed by atoms with Gasteiger partial charge in [0.1, 0.15) is 22.9 Å². The summed E-state index contributed by atoms with van der Waals surface area (Å²) in [4.78, 5) is 21.2. The number of fused-ring (bicyclic) bond motifs is 1. The molecule has 2 aromatic heterocycles. The summed E-state index contributed by atoms with van der Waals surface area (Å²) in [7, 11) is 1.58. The fourth-order valence-electron chi connectivity index (χ4n) is 2.78. The van der Waals surface area contributed by atoms with Crippen LogP contribution in [0.25, 0.3) is 15.9 Å². The van der Waals surface area contributed by atoms with Crippen LogP contribution in [0, 0.1) is 12.7 Å². The summed E-state index contributed by atoms with van der Waals surface area (Å²) in [5.41, 5.74) is 1.91. The highest BCUT2D eigenvalue weighted by Gasteiger charge is 2.17. The molecule has 2 heterocycles. The molecule has 27 heavy (non-hydrogen) atoms. The number of amides is 1. The molecule has 2 aromatic carbocycles. The number of thiazole rings is 1. The van der Waals surface area contributed by atoms with Crippen molar-refractivity contribution in [3.8, 4) is 11.4 Å². The van der Waals surface area contributed by atoms with Gasteiger partial charge in [0.15, 0.2) is 5.13 Å². The molecule has 0 radical (unpaired) electrons. The molecular weight excluding hydrogens is 367 g/mol. The lowest BCUT2D eigenvalue weighted by atomic mass is 10.2. The number of carbonyl (C=O) groups is 1. The third-order valence-electron chi connectivity index (χ3n) is 4.12. The third kappa shape index (κ3) is 3.15. The van der Waals surface area contributed by atoms with Gasteiger partial charge in [-0.25, -0.2) is 14.4 Å². The van der Waals surface area contributed by atoms with Crippen LogP contribution in [0.1, 0.15) is 16.2 Å². The first-order valence-electron chi connectivity index (χ1n) is 8.11. The lowest BCUT2D eigenvalue weighted by Gasteiger charge is -2.08. The van der Waals surface area contributed by atoms with Crippen LogP contribution in [0.2, 0.25) is 0 Å². The van der Waals surface area contributed by atoms with Crippen molar-refractivity contribution in [2.75, 3.05) is 12.4 Å². The van der Waals surface area contributed by atoms with Gasteiger partial charge in [0, 0.05) is 18.0 Å². The van der Waals surface area contributed by atoms with Crippen LogP contribution in [-0.4, -0.2) is 27.6 Å². The van der Waals surface area contributed by atoms with E-state index in [2.05, 4.69) is 15.3 Å². The quantitative estimate of drug-likeness (QED) is 0.575. The molecule has 0 aliphatic carbocycles. The minimum Gasteiger partial charge on any atom is -0.494 e. The Morgan fingerprint density at radius 3 is 2.67 bits per heavy atom. The molecule has 0 aliphatic heterocycles. The van der Waals surface area contributed by atoms with Crippen molar-refractivity contribution in [1.82, 2.24) is 14.5 Å². The van der Waals surface area contributed by atoms with Crippen LogP contribution in [0.4, 0.5) is 9.52 Å². The predicted octanol–water partition coefficient (Wildman–Crippen LogP) is 4.19. The zero-order chi connectivity index (χ0) is 19.0. The van der Waals surface area contributed by atoms with E-state index in [1.165, 1.54) is 35.6 Å². The van der Waals surface area contributed by atoms with Crippen LogP contribution in [0.3, 0.4) is 0 Å². The molecule has 0 spiro atoms. The number of hydrogen-bond donors (Lipinski definition) is 1. The van der Waals surface area contributed by atoms with Gasteiger partial charge in [-0.3, -0.25) is 10.1 Å². The fraction of sp³-hybridized carbons (Fsp3) is 0.105. The van der Waals surface area contributed by atoms with E-state index in [1.807, 2.05) is 29.8 Å². The summed E-state index contributed by atoms with van der Waals surface area (Å²) < 4.78 is 21.3. The first kappa shape index (κ1) is 17.2. The maximum absolute atomic E-state index is 13.0. The summed E-state index contributed by atoms with van der Waals surface area (Å²) in [5, 5.41) is 3.20. The first-order valence-corrected chi connectivity index (χ1v) is 8.93. The Bertz CT molecular complexity index is 1130. The SMILES string of the molecule is COc1ccc(-n2ccnc2C)c2sc(NC(=O)c3ccc(F)cc3)nc12. The Morgan fingerprint density at radius 2 is 2.00 bits per heavy atom. The van der Waals surface area contributed by atoms with Crippen LogP contribution >= 0.6 is 11.3 Å². The molecule has 0 saturated heterocycles. The largest absolute Gasteiger partial charge is 0.494 e. The number of rotatable bonds is 4. The highest BCUT2D eigenvalue weighted by atomic mass is 32.1. The van der Waals surface area contributed by atoms with Crippen LogP contribution < -0.4 is 10.1 Å². The number of methoxy groups -OCH3 is 1. The normalized spacial score (nSPS) is 10.9. The van der Waals surface area contributed by atoms with E-state index in [1.54, 1.807) is 13.3 Å². The van der Waals surface area contributed by atoms with Crippen LogP contribution in [0.5, 0.6) is 5.75 Å². The van der Waals surface area contributed by atoms with Crippen LogP contribution in [-0.2, 0) is 0 Å². The molecule has 0 saturated carbocycles. The van der Waals surface area contributed by atoms with Gasteiger partial charge in [0.2, 0.25) is 0 Å². The monoisotopic (exact) mass is 382 g/mol. The van der Waals surface area contributed by atoms with E-state index in [0.717, 1.165) is 16.2 Å². The molecular formula is C19H15FN4O2S. The van der Waals surface area contributed by atoms with Crippen LogP contribution in [0.15, 0.2) is 48.8 Å². The second-order valence-electron chi connectivity index (χ2n) is 5.79. The van der Waals surface area contributed by atoms with Gasteiger partial charge in [-0.05, 0) is 43.3 Å². The molecule has 0 bridgehead atoms. The van der Waals surface area contributed by atoms with Crippen molar-refractivity contribution in [2.45, 2.75) is 6.92 Å². The molecule has 0 atom stereocenters. The molecule has 6 nitrogen and oxygen atoms in total. The number of aryl methyl sites for hydroxylation is 1. The first-order chi connectivity index (χ1) is 13.1. The second kappa shape index (κ2) is 6.81. The van der Waals surface area contributed by atoms with E-state index < -0.39 is 5.82 Å². The molecule has 0 unspecified atom stereocenters. The number of benzene rings is 2. The number of aromatic nitrogens is 3. The van der Waals surface area contributed by atoms with Crippen molar-refractivity contribution in [1.29, 1.82) is 0 Å². The molecule has 8 heteroatoms. The zero-order valence-corrected chi connectivity index (χ0v) is 15.4. The number of halogens is 1. The molecule has 1 amide bonds. The zero-order valence-electron chi connectivity index (χ0n) is 14.6. The van der Waals surface area contributed by atoms with Crippen molar-refractivity contribution < 1.29 is 13.9 Å². The summed E-state index contributed by atoms with van der Waals surface area (Å²) in [6.07, 6.45) is 3.59. The Hall–Kier alpha value is -3.26. The topological polar surface area (TPSA) is 69.0 Å². The summed E-state index contributed by atoms with van der Waals surface area (Å²) >= 11 is 1.34. The smallest absolute Gasteiger partial charge is 0.257 e. The van der Waals surface area contributed by atoms with Gasteiger partial charge >= 0.3 is 0 Å². The molecule has 4 aromatic rings. The van der Waals surface area contributed by atoms with E-state index in [4.69, 9.17) is 4.74 Å². The molecule has 4 rings (SSSR count). The number of nitrogens with zero attached hydrogens (tertiary/aromatic N) is 3. The highest BCUT2D eigenvalue weighted by molar-refractivity contribution is 7.22. The molecule has 0 fully saturated rings. The lowest BCUT2D eigenvalue weighted by molar-refractivity contribution is 0.102. The van der Waals surface area contributed by atoms with E-state index in [9.17, 15) is 9.18 Å². The fourth-order valence-corrected chi connectivity index (χ4v) is 3.77. The highest BCUT2D eigenvalue weighted by Crippen LogP contribution is 2.37. The number of nitrogens with one attached hydrogen (secondary N) is 1. The van der Waals surface area contributed by atoms with E-state index in [0.29, 0.717) is 22.0 Å². The van der Waals surface area contributed by atoms with Crippen molar-refractivity contribution in [2.24, 2.45) is 0 Å². The summed E-state index contributed by atoms with van der Waals surface area (Å²) in [5.74, 6) is 0.710. The second-order valence-corrected chi connectivity index (χ2v) is 6.79. The maximum Gasteiger partial charge on any atom is 0.257 e. The van der Waals surface area contributed by atoms with E-state index in [-0.39, 0.29) is 5.91 Å². The molecule has 1 N–H and O–H groups in total. The summed E-state index contributed by atoms with van der Waals surface area (Å²) in [6.45, 7) is 1.91. The number of ether oxygens (including phenoxy) is 1. The van der Waals surface area contributed by atoms with Crippen molar-refractivity contribution in [3.63, 3.8) is 0 Å². The number of imidazole rings is 1. The van der Waals surface area contributed by atoms with E-state index >= 15 is 0 Å². The Balaban J connectivity index is 1.75. The average Bonchev–Trinajstić information content (AvgIpc) is 3.27. The minimum absolute atomic E-state index is 0.353. The summed E-state index contributed by atoms with van der Waals surface area (Å²) in [6, 6.07) is 9.12. The van der Waals surface area contributed by atoms with Gasteiger partial charge < -0.3 is 9.30 Å². The maximum atomic E-state index is 13.0. The van der Waals surface area contributed by atoms with Gasteiger partial charge in [-0.1, -0.05) is 11.3 Å². The third-order valence-corrected chi connectivity index (χ3v) is 5.11. The Morgan fingerprint density at radius 1 is 1.22 bits per heavy atom. The van der Waals surface area contributed by atoms with Crippen molar-refractivity contribution in [3.05, 3.63) is 66.0 Å². The minimum atomic E-state index is -0.392. The van der Waals surface area contributed by atoms with Crippen molar-refractivity contribution >= 4 is 32.6 Å². The Kier molecular flexibility index (Phi) is 4.33. The molecule has 0 aliphatic rings. The van der Waals surface area contributed by atoms with Gasteiger partial charge in [-0.2, -0.15) is 0 Å². The van der Waals surface area contributed by atoms with Gasteiger partial charge in [-0.15, -0.1) is 0 Å². The number of carbonyl (C=O) groups excluding carboxylic acids is 1. The van der Waals surface area contributed by atoms with Gasteiger partial charge in [0.25, 0.3) is 5.91 Å². The van der Waals surface area contributed by atoms with Gasteiger partial charge in [0.05, 0.1) is 17.5 Å². The Labute approximate surface area is 158 Å². The molecule has 136 valence electrons. The number of hydrogen-bond acceptors (Lipinski definition) is 5. The standard InChI is InChI=1S/C19H15FN4O2S/c1-11-21-9-10-24(11)14-7-8-15(26-2)16-17(14)27-19(22-16)23-18(25)12-3-5-13(20)6-4-12/h3-10H,1-2H3,(H,22,23,25). The average molecular weight is 382 g/mol. The predicted molar refractivity (Wildman–Crippen MR) is 102 cm³/mol.